The first-order valence-corrected chi connectivity index (χ1v) is 6.04. The molecule has 0 saturated carbocycles. The van der Waals surface area contributed by atoms with Crippen LogP contribution in [0.4, 0.5) is 14.5 Å². The molecule has 0 aromatic heterocycles. The van der Waals surface area contributed by atoms with Gasteiger partial charge in [-0.3, -0.25) is 4.79 Å². The van der Waals surface area contributed by atoms with Crippen molar-refractivity contribution in [1.82, 2.24) is 0 Å². The first kappa shape index (κ1) is 14.1. The zero-order valence-electron chi connectivity index (χ0n) is 10.2. The molecule has 3 nitrogen and oxygen atoms in total. The molecule has 0 bridgehead atoms. The van der Waals surface area contributed by atoms with E-state index in [1.165, 1.54) is 6.07 Å². The smallest absolute Gasteiger partial charge is 0.255 e. The van der Waals surface area contributed by atoms with E-state index in [1.54, 1.807) is 24.3 Å². The fourth-order valence-corrected chi connectivity index (χ4v) is 1.72. The van der Waals surface area contributed by atoms with Gasteiger partial charge in [0.2, 0.25) is 0 Å². The van der Waals surface area contributed by atoms with E-state index >= 15 is 0 Å². The fourth-order valence-electron chi connectivity index (χ4n) is 1.59. The van der Waals surface area contributed by atoms with E-state index < -0.39 is 17.5 Å². The van der Waals surface area contributed by atoms with Gasteiger partial charge in [0.25, 0.3) is 5.91 Å². The Morgan fingerprint density at radius 2 is 1.80 bits per heavy atom. The molecular formula is C14H10F2N2OS. The summed E-state index contributed by atoms with van der Waals surface area (Å²) in [6, 6.07) is 9.55. The number of carbonyl (C=O) groups excluding carboxylic acids is 1. The molecule has 0 atom stereocenters. The molecule has 2 aromatic rings. The van der Waals surface area contributed by atoms with Crippen LogP contribution >= 0.6 is 12.2 Å². The summed E-state index contributed by atoms with van der Waals surface area (Å²) in [5.41, 5.74) is 6.57. The van der Waals surface area contributed by atoms with E-state index in [0.717, 1.165) is 12.1 Å². The van der Waals surface area contributed by atoms with Crippen molar-refractivity contribution in [3.8, 4) is 0 Å². The third kappa shape index (κ3) is 3.16. The van der Waals surface area contributed by atoms with E-state index in [9.17, 15) is 13.6 Å². The Morgan fingerprint density at radius 3 is 2.45 bits per heavy atom. The molecule has 0 unspecified atom stereocenters. The molecule has 2 aromatic carbocycles. The molecule has 3 N–H and O–H groups in total. The SMILES string of the molecule is NC(=S)c1cccc(NC(=O)c2ccc(F)c(F)c2)c1. The Balaban J connectivity index is 2.21. The quantitative estimate of drug-likeness (QED) is 0.855. The van der Waals surface area contributed by atoms with E-state index in [0.29, 0.717) is 11.3 Å². The molecule has 0 saturated heterocycles. The molecule has 0 fully saturated rings. The van der Waals surface area contributed by atoms with Crippen molar-refractivity contribution in [2.24, 2.45) is 5.73 Å². The van der Waals surface area contributed by atoms with E-state index in [4.69, 9.17) is 18.0 Å². The first-order valence-electron chi connectivity index (χ1n) is 5.63. The number of carbonyl (C=O) groups is 1. The number of hydrogen-bond donors (Lipinski definition) is 2. The van der Waals surface area contributed by atoms with Gasteiger partial charge in [-0.1, -0.05) is 24.4 Å². The van der Waals surface area contributed by atoms with Crippen LogP contribution in [0.15, 0.2) is 42.5 Å². The second-order valence-electron chi connectivity index (χ2n) is 4.03. The van der Waals surface area contributed by atoms with Gasteiger partial charge in [0.05, 0.1) is 0 Å². The van der Waals surface area contributed by atoms with Gasteiger partial charge in [-0.2, -0.15) is 0 Å². The summed E-state index contributed by atoms with van der Waals surface area (Å²) in [5, 5.41) is 2.56. The highest BCUT2D eigenvalue weighted by atomic mass is 32.1. The maximum Gasteiger partial charge on any atom is 0.255 e. The number of halogens is 2. The lowest BCUT2D eigenvalue weighted by Crippen LogP contribution is -2.14. The maximum absolute atomic E-state index is 13.1. The molecular weight excluding hydrogens is 282 g/mol. The van der Waals surface area contributed by atoms with Crippen LogP contribution in [0.5, 0.6) is 0 Å². The van der Waals surface area contributed by atoms with Crippen LogP contribution in [-0.2, 0) is 0 Å². The standard InChI is InChI=1S/C14H10F2N2OS/c15-11-5-4-9(7-12(11)16)14(19)18-10-3-1-2-8(6-10)13(17)20/h1-7H,(H2,17,20)(H,18,19). The Morgan fingerprint density at radius 1 is 1.05 bits per heavy atom. The molecule has 6 heteroatoms. The fraction of sp³-hybridized carbons (Fsp3) is 0. The highest BCUT2D eigenvalue weighted by Gasteiger charge is 2.10. The minimum atomic E-state index is -1.07. The van der Waals surface area contributed by atoms with Gasteiger partial charge < -0.3 is 11.1 Å². The van der Waals surface area contributed by atoms with Crippen LogP contribution in [0.25, 0.3) is 0 Å². The third-order valence-electron chi connectivity index (χ3n) is 2.59. The normalized spacial score (nSPS) is 10.1. The Kier molecular flexibility index (Phi) is 4.05. The van der Waals surface area contributed by atoms with E-state index in [2.05, 4.69) is 5.32 Å². The molecule has 0 heterocycles. The minimum absolute atomic E-state index is 0.0182. The number of thiocarbonyl (C=S) groups is 1. The summed E-state index contributed by atoms with van der Waals surface area (Å²) >= 11 is 4.83. The molecule has 0 aliphatic rings. The van der Waals surface area contributed by atoms with Crippen molar-refractivity contribution in [3.05, 3.63) is 65.2 Å². The molecule has 0 aliphatic carbocycles. The molecule has 0 spiro atoms. The Bertz CT molecular complexity index is 689. The molecule has 1 amide bonds. The van der Waals surface area contributed by atoms with Crippen LogP contribution in [0.1, 0.15) is 15.9 Å². The lowest BCUT2D eigenvalue weighted by atomic mass is 10.1. The average Bonchev–Trinajstić information content (AvgIpc) is 2.42. The van der Waals surface area contributed by atoms with Crippen LogP contribution in [0, 0.1) is 11.6 Å². The van der Waals surface area contributed by atoms with Crippen LogP contribution in [0.3, 0.4) is 0 Å². The van der Waals surface area contributed by atoms with E-state index in [-0.39, 0.29) is 10.6 Å². The zero-order chi connectivity index (χ0) is 14.7. The summed E-state index contributed by atoms with van der Waals surface area (Å²) in [7, 11) is 0. The highest BCUT2D eigenvalue weighted by Crippen LogP contribution is 2.14. The van der Waals surface area contributed by atoms with Gasteiger partial charge in [-0.15, -0.1) is 0 Å². The van der Waals surface area contributed by atoms with Crippen molar-refractivity contribution in [2.45, 2.75) is 0 Å². The largest absolute Gasteiger partial charge is 0.389 e. The predicted molar refractivity (Wildman–Crippen MR) is 76.6 cm³/mol. The second kappa shape index (κ2) is 5.75. The first-order chi connectivity index (χ1) is 9.47. The Labute approximate surface area is 119 Å². The van der Waals surface area contributed by atoms with Gasteiger partial charge in [0.1, 0.15) is 4.99 Å². The van der Waals surface area contributed by atoms with Crippen molar-refractivity contribution in [2.75, 3.05) is 5.32 Å². The number of nitrogens with one attached hydrogen (secondary N) is 1. The molecule has 20 heavy (non-hydrogen) atoms. The number of nitrogens with two attached hydrogens (primary N) is 1. The summed E-state index contributed by atoms with van der Waals surface area (Å²) < 4.78 is 25.9. The lowest BCUT2D eigenvalue weighted by molar-refractivity contribution is 0.102. The highest BCUT2D eigenvalue weighted by molar-refractivity contribution is 7.80. The van der Waals surface area contributed by atoms with Gasteiger partial charge in [-0.25, -0.2) is 8.78 Å². The molecule has 2 rings (SSSR count). The molecule has 0 radical (unpaired) electrons. The maximum atomic E-state index is 13.1. The van der Waals surface area contributed by atoms with Crippen LogP contribution in [-0.4, -0.2) is 10.9 Å². The molecule has 0 aliphatic heterocycles. The monoisotopic (exact) mass is 292 g/mol. The number of amides is 1. The van der Waals surface area contributed by atoms with Gasteiger partial charge in [0.15, 0.2) is 11.6 Å². The number of rotatable bonds is 3. The van der Waals surface area contributed by atoms with Gasteiger partial charge >= 0.3 is 0 Å². The lowest BCUT2D eigenvalue weighted by Gasteiger charge is -2.07. The summed E-state index contributed by atoms with van der Waals surface area (Å²) in [4.78, 5) is 12.1. The topological polar surface area (TPSA) is 55.1 Å². The minimum Gasteiger partial charge on any atom is -0.389 e. The third-order valence-corrected chi connectivity index (χ3v) is 2.82. The van der Waals surface area contributed by atoms with Crippen molar-refractivity contribution in [1.29, 1.82) is 0 Å². The molecule has 102 valence electrons. The van der Waals surface area contributed by atoms with Crippen molar-refractivity contribution >= 4 is 28.8 Å². The zero-order valence-corrected chi connectivity index (χ0v) is 11.0. The second-order valence-corrected chi connectivity index (χ2v) is 4.47. The predicted octanol–water partition coefficient (Wildman–Crippen LogP) is 2.85. The Hall–Kier alpha value is -2.34. The van der Waals surface area contributed by atoms with E-state index in [1.807, 2.05) is 0 Å². The van der Waals surface area contributed by atoms with Crippen LogP contribution in [0.2, 0.25) is 0 Å². The number of anilines is 1. The average molecular weight is 292 g/mol. The van der Waals surface area contributed by atoms with Gasteiger partial charge in [0, 0.05) is 16.8 Å². The number of benzene rings is 2. The van der Waals surface area contributed by atoms with Crippen molar-refractivity contribution < 1.29 is 13.6 Å². The van der Waals surface area contributed by atoms with Crippen molar-refractivity contribution in [3.63, 3.8) is 0 Å². The summed E-state index contributed by atoms with van der Waals surface area (Å²) in [6.07, 6.45) is 0. The number of hydrogen-bond acceptors (Lipinski definition) is 2. The summed E-state index contributed by atoms with van der Waals surface area (Å²) in [6.45, 7) is 0. The van der Waals surface area contributed by atoms with Gasteiger partial charge in [-0.05, 0) is 30.3 Å². The summed E-state index contributed by atoms with van der Waals surface area (Å²) in [5.74, 6) is -2.63. The van der Waals surface area contributed by atoms with Crippen LogP contribution < -0.4 is 11.1 Å².